The highest BCUT2D eigenvalue weighted by atomic mass is 79.9. The second kappa shape index (κ2) is 9.46. The molecule has 1 aliphatic rings. The van der Waals surface area contributed by atoms with Crippen LogP contribution in [0.25, 0.3) is 22.2 Å². The first-order chi connectivity index (χ1) is 16.9. The van der Waals surface area contributed by atoms with Crippen molar-refractivity contribution in [2.24, 2.45) is 0 Å². The summed E-state index contributed by atoms with van der Waals surface area (Å²) in [7, 11) is -3.86. The molecule has 5 rings (SSSR count). The van der Waals surface area contributed by atoms with E-state index in [0.717, 1.165) is 31.5 Å². The number of nitrogens with one attached hydrogen (secondary N) is 2. The number of benzene rings is 2. The van der Waals surface area contributed by atoms with E-state index in [2.05, 4.69) is 37.3 Å². The zero-order chi connectivity index (χ0) is 24.6. The molecule has 0 radical (unpaired) electrons. The Labute approximate surface area is 212 Å². The first kappa shape index (κ1) is 23.5. The van der Waals surface area contributed by atoms with Gasteiger partial charge in [-0.25, -0.2) is 13.4 Å². The number of hydrogen-bond donors (Lipinski definition) is 2. The van der Waals surface area contributed by atoms with E-state index in [-0.39, 0.29) is 15.9 Å². The molecule has 0 aliphatic carbocycles. The maximum absolute atomic E-state index is 13.7. The first-order valence-corrected chi connectivity index (χ1v) is 13.6. The summed E-state index contributed by atoms with van der Waals surface area (Å²) in [5, 5.41) is 13.6. The molecule has 178 valence electrons. The molecule has 2 aromatic heterocycles. The quantitative estimate of drug-likeness (QED) is 0.356. The number of aromatic amines is 1. The Kier molecular flexibility index (Phi) is 6.36. The molecule has 0 bridgehead atoms. The Morgan fingerprint density at radius 3 is 2.60 bits per heavy atom. The largest absolute Gasteiger partial charge is 0.489 e. The number of halogens is 1. The van der Waals surface area contributed by atoms with Gasteiger partial charge < -0.3 is 15.0 Å². The van der Waals surface area contributed by atoms with Gasteiger partial charge in [0.2, 0.25) is 9.84 Å². The van der Waals surface area contributed by atoms with E-state index < -0.39 is 9.84 Å². The van der Waals surface area contributed by atoms with Crippen LogP contribution in [0, 0.1) is 18.3 Å². The molecule has 35 heavy (non-hydrogen) atoms. The zero-order valence-electron chi connectivity index (χ0n) is 19.0. The lowest BCUT2D eigenvalue weighted by Crippen LogP contribution is -2.34. The summed E-state index contributed by atoms with van der Waals surface area (Å²) in [5.41, 5.74) is 3.17. The number of pyridine rings is 1. The lowest BCUT2D eigenvalue weighted by Gasteiger charge is -2.24. The number of nitriles is 1. The highest BCUT2D eigenvalue weighted by molar-refractivity contribution is 9.10. The average Bonchev–Trinajstić information content (AvgIpc) is 3.29. The van der Waals surface area contributed by atoms with Gasteiger partial charge in [-0.2, -0.15) is 5.26 Å². The predicted octanol–water partition coefficient (Wildman–Crippen LogP) is 5.14. The van der Waals surface area contributed by atoms with Crippen molar-refractivity contribution in [3.63, 3.8) is 0 Å². The monoisotopic (exact) mass is 550 g/mol. The highest BCUT2D eigenvalue weighted by Gasteiger charge is 2.27. The Morgan fingerprint density at radius 2 is 1.89 bits per heavy atom. The Morgan fingerprint density at radius 1 is 1.14 bits per heavy atom. The molecule has 7 nitrogen and oxygen atoms in total. The van der Waals surface area contributed by atoms with Crippen molar-refractivity contribution in [2.45, 2.75) is 35.7 Å². The molecule has 9 heteroatoms. The summed E-state index contributed by atoms with van der Waals surface area (Å²) < 4.78 is 33.9. The van der Waals surface area contributed by atoms with Crippen molar-refractivity contribution < 1.29 is 13.2 Å². The number of sulfone groups is 1. The van der Waals surface area contributed by atoms with Crippen molar-refractivity contribution in [3.8, 4) is 22.9 Å². The molecule has 0 unspecified atom stereocenters. The molecule has 1 aliphatic heterocycles. The Bertz CT molecular complexity index is 1550. The molecule has 0 amide bonds. The summed E-state index contributed by atoms with van der Waals surface area (Å²) in [6.07, 6.45) is 5.04. The maximum Gasteiger partial charge on any atom is 0.208 e. The van der Waals surface area contributed by atoms with Gasteiger partial charge in [-0.1, -0.05) is 23.8 Å². The van der Waals surface area contributed by atoms with E-state index in [9.17, 15) is 13.7 Å². The topological polar surface area (TPSA) is 108 Å². The fourth-order valence-electron chi connectivity index (χ4n) is 4.35. The molecular formula is C26H23BrN4O3S. The average molecular weight is 551 g/mol. The van der Waals surface area contributed by atoms with Gasteiger partial charge in [0.1, 0.15) is 23.6 Å². The van der Waals surface area contributed by atoms with Crippen LogP contribution in [0.4, 0.5) is 0 Å². The summed E-state index contributed by atoms with van der Waals surface area (Å²) >= 11 is 3.42. The number of piperidine rings is 1. The molecule has 1 saturated heterocycles. The van der Waals surface area contributed by atoms with Gasteiger partial charge in [-0.05, 0) is 78.6 Å². The highest BCUT2D eigenvalue weighted by Crippen LogP contribution is 2.40. The lowest BCUT2D eigenvalue weighted by molar-refractivity contribution is 0.162. The lowest BCUT2D eigenvalue weighted by atomic mass is 10.0. The van der Waals surface area contributed by atoms with Crippen molar-refractivity contribution >= 4 is 36.8 Å². The van der Waals surface area contributed by atoms with Gasteiger partial charge in [0.25, 0.3) is 0 Å². The Hall–Kier alpha value is -3.19. The van der Waals surface area contributed by atoms with Crippen LogP contribution >= 0.6 is 15.9 Å². The molecule has 0 atom stereocenters. The Balaban J connectivity index is 1.62. The molecule has 2 aromatic carbocycles. The minimum Gasteiger partial charge on any atom is -0.489 e. The molecule has 0 saturated carbocycles. The molecule has 2 N–H and O–H groups in total. The van der Waals surface area contributed by atoms with E-state index in [0.29, 0.717) is 37.9 Å². The van der Waals surface area contributed by atoms with Crippen molar-refractivity contribution in [3.05, 3.63) is 70.5 Å². The molecular weight excluding hydrogens is 528 g/mol. The minimum atomic E-state index is -3.86. The normalized spacial score (nSPS) is 14.7. The van der Waals surface area contributed by atoms with E-state index >= 15 is 0 Å². The van der Waals surface area contributed by atoms with Gasteiger partial charge in [-0.15, -0.1) is 0 Å². The van der Waals surface area contributed by atoms with Crippen molar-refractivity contribution in [1.82, 2.24) is 15.3 Å². The minimum absolute atomic E-state index is 0.0636. The van der Waals surface area contributed by atoms with Crippen LogP contribution in [-0.2, 0) is 9.84 Å². The van der Waals surface area contributed by atoms with Crippen LogP contribution in [0.3, 0.4) is 0 Å². The van der Waals surface area contributed by atoms with E-state index in [1.54, 1.807) is 42.6 Å². The van der Waals surface area contributed by atoms with E-state index in [4.69, 9.17) is 4.74 Å². The number of H-pyrrole nitrogens is 1. The predicted molar refractivity (Wildman–Crippen MR) is 137 cm³/mol. The van der Waals surface area contributed by atoms with Gasteiger partial charge in [0.15, 0.2) is 0 Å². The van der Waals surface area contributed by atoms with E-state index in [1.165, 1.54) is 6.20 Å². The number of aromatic nitrogens is 2. The second-order valence-corrected chi connectivity index (χ2v) is 11.3. The molecule has 1 fully saturated rings. The van der Waals surface area contributed by atoms with Gasteiger partial charge in [0, 0.05) is 23.3 Å². The van der Waals surface area contributed by atoms with Crippen molar-refractivity contribution in [1.29, 1.82) is 5.26 Å². The fraction of sp³-hybridized carbons (Fsp3) is 0.231. The van der Waals surface area contributed by atoms with Crippen LogP contribution in [0.1, 0.15) is 24.0 Å². The van der Waals surface area contributed by atoms with Gasteiger partial charge in [0.05, 0.1) is 19.8 Å². The van der Waals surface area contributed by atoms with Crippen LogP contribution in [0.15, 0.2) is 69.1 Å². The number of rotatable bonds is 5. The summed E-state index contributed by atoms with van der Waals surface area (Å²) in [5.74, 6) is 0.537. The number of fused-ring (bicyclic) bond motifs is 1. The van der Waals surface area contributed by atoms with Crippen LogP contribution in [0.5, 0.6) is 5.75 Å². The van der Waals surface area contributed by atoms with Crippen LogP contribution in [0.2, 0.25) is 0 Å². The number of hydrogen-bond acceptors (Lipinski definition) is 6. The third-order valence-corrected chi connectivity index (χ3v) is 8.92. The SMILES string of the molecule is Cc1ccc(S(=O)(=O)c2c(Br)cnc3[nH]cc(-c4ccc(OC5CCNCC5)c(C#N)c4)c23)cc1. The third kappa shape index (κ3) is 4.45. The summed E-state index contributed by atoms with van der Waals surface area (Å²) in [6, 6.07) is 14.4. The number of nitrogens with zero attached hydrogens (tertiary/aromatic N) is 2. The number of aryl methyl sites for hydroxylation is 1. The maximum atomic E-state index is 13.7. The summed E-state index contributed by atoms with van der Waals surface area (Å²) in [6.45, 7) is 3.69. The molecule has 4 aromatic rings. The third-order valence-electron chi connectivity index (χ3n) is 6.20. The number of ether oxygens (including phenoxy) is 1. The second-order valence-electron chi connectivity index (χ2n) is 8.57. The van der Waals surface area contributed by atoms with Crippen LogP contribution in [-0.4, -0.2) is 37.6 Å². The standard InChI is InChI=1S/C26H23BrN4O3S/c1-16-2-5-20(6-3-16)35(32,33)25-22(27)15-31-26-24(25)21(14-30-26)17-4-7-23(18(12-17)13-28)34-19-8-10-29-11-9-19/h2-7,12,14-15,19,29H,8-11H2,1H3,(H,30,31). The van der Waals surface area contributed by atoms with Crippen molar-refractivity contribution in [2.75, 3.05) is 13.1 Å². The molecule has 3 heterocycles. The van der Waals surface area contributed by atoms with Gasteiger partial charge >= 0.3 is 0 Å². The summed E-state index contributed by atoms with van der Waals surface area (Å²) in [4.78, 5) is 7.81. The smallest absolute Gasteiger partial charge is 0.208 e. The van der Waals surface area contributed by atoms with E-state index in [1.807, 2.05) is 13.0 Å². The zero-order valence-corrected chi connectivity index (χ0v) is 21.4. The fourth-order valence-corrected chi connectivity index (χ4v) is 6.80. The first-order valence-electron chi connectivity index (χ1n) is 11.3. The molecule has 0 spiro atoms. The van der Waals surface area contributed by atoms with Crippen LogP contribution < -0.4 is 10.1 Å². The van der Waals surface area contributed by atoms with Gasteiger partial charge in [-0.3, -0.25) is 0 Å².